The van der Waals surface area contributed by atoms with Gasteiger partial charge in [-0.3, -0.25) is 4.79 Å². The second-order valence-electron chi connectivity index (χ2n) is 5.37. The van der Waals surface area contributed by atoms with Crippen LogP contribution in [0.25, 0.3) is 0 Å². The molecule has 0 radical (unpaired) electrons. The Bertz CT molecular complexity index is 630. The van der Waals surface area contributed by atoms with Crippen molar-refractivity contribution in [1.82, 2.24) is 4.72 Å². The molecule has 0 fully saturated rings. The lowest BCUT2D eigenvalue weighted by Crippen LogP contribution is -2.41. The number of aliphatic carboxylic acids is 1. The summed E-state index contributed by atoms with van der Waals surface area (Å²) in [5.74, 6) is -1.18. The van der Waals surface area contributed by atoms with Gasteiger partial charge in [0.05, 0.1) is 11.5 Å². The Morgan fingerprint density at radius 2 is 2.00 bits per heavy atom. The molecule has 1 aromatic carbocycles. The van der Waals surface area contributed by atoms with Crippen LogP contribution in [-0.4, -0.2) is 32.6 Å². The first-order chi connectivity index (χ1) is 10.2. The molecule has 0 unspecified atom stereocenters. The smallest absolute Gasteiger partial charge is 0.321 e. The van der Waals surface area contributed by atoms with Gasteiger partial charge in [-0.1, -0.05) is 25.4 Å². The van der Waals surface area contributed by atoms with Gasteiger partial charge in [-0.05, 0) is 36.1 Å². The summed E-state index contributed by atoms with van der Waals surface area (Å²) in [6.45, 7) is 3.85. The van der Waals surface area contributed by atoms with Gasteiger partial charge in [0.1, 0.15) is 6.04 Å². The first-order valence-electron chi connectivity index (χ1n) is 6.69. The summed E-state index contributed by atoms with van der Waals surface area (Å²) in [6.07, 6.45) is 0.195. The molecule has 0 aliphatic carbocycles. The summed E-state index contributed by atoms with van der Waals surface area (Å²) < 4.78 is 31.9. The van der Waals surface area contributed by atoms with Gasteiger partial charge in [0.25, 0.3) is 0 Å². The van der Waals surface area contributed by atoms with Crippen LogP contribution in [0.2, 0.25) is 5.02 Å². The zero-order valence-electron chi connectivity index (χ0n) is 12.7. The van der Waals surface area contributed by atoms with Crippen molar-refractivity contribution in [3.05, 3.63) is 28.8 Å². The number of carbonyl (C=O) groups is 1. The van der Waals surface area contributed by atoms with Gasteiger partial charge in [0.2, 0.25) is 10.0 Å². The van der Waals surface area contributed by atoms with E-state index in [0.717, 1.165) is 0 Å². The molecular weight excluding hydrogens is 330 g/mol. The molecule has 0 saturated heterocycles. The molecule has 0 bridgehead atoms. The first kappa shape index (κ1) is 18.9. The predicted octanol–water partition coefficient (Wildman–Crippen LogP) is 2.26. The lowest BCUT2D eigenvalue weighted by molar-refractivity contribution is -0.139. The van der Waals surface area contributed by atoms with Crippen LogP contribution in [0.3, 0.4) is 0 Å². The minimum absolute atomic E-state index is 0.0345. The number of halogens is 1. The summed E-state index contributed by atoms with van der Waals surface area (Å²) in [6, 6.07) is 3.09. The zero-order chi connectivity index (χ0) is 16.9. The van der Waals surface area contributed by atoms with E-state index in [2.05, 4.69) is 4.72 Å². The lowest BCUT2D eigenvalue weighted by Gasteiger charge is -2.17. The normalized spacial score (nSPS) is 13.3. The van der Waals surface area contributed by atoms with Crippen LogP contribution in [0, 0.1) is 5.92 Å². The molecule has 0 aromatic heterocycles. The summed E-state index contributed by atoms with van der Waals surface area (Å²) in [4.78, 5) is 11.1. The van der Waals surface area contributed by atoms with Gasteiger partial charge in [0, 0.05) is 12.1 Å². The molecule has 22 heavy (non-hydrogen) atoms. The third-order valence-corrected chi connectivity index (χ3v) is 4.52. The quantitative estimate of drug-likeness (QED) is 0.751. The van der Waals surface area contributed by atoms with E-state index in [9.17, 15) is 13.2 Å². The number of benzene rings is 1. The van der Waals surface area contributed by atoms with Gasteiger partial charge < -0.3 is 9.84 Å². The Morgan fingerprint density at radius 1 is 1.36 bits per heavy atom. The van der Waals surface area contributed by atoms with Gasteiger partial charge >= 0.3 is 5.97 Å². The van der Waals surface area contributed by atoms with Crippen LogP contribution in [0.1, 0.15) is 25.8 Å². The molecule has 0 saturated carbocycles. The fraction of sp³-hybridized carbons (Fsp3) is 0.500. The van der Waals surface area contributed by atoms with Crippen molar-refractivity contribution in [3.8, 4) is 0 Å². The maximum atomic E-state index is 12.4. The molecule has 124 valence electrons. The van der Waals surface area contributed by atoms with Crippen molar-refractivity contribution in [3.63, 3.8) is 0 Å². The Morgan fingerprint density at radius 3 is 2.50 bits per heavy atom. The standard InChI is InChI=1S/C14H20ClNO5S/c1-9(2)4-13(14(17)18)16-22(19,20)12-6-10(8-21-3)5-11(15)7-12/h5-7,9,13,16H,4,8H2,1-3H3,(H,17,18)/t13-/m0/s1. The maximum absolute atomic E-state index is 12.4. The Balaban J connectivity index is 3.09. The van der Waals surface area contributed by atoms with Crippen LogP contribution < -0.4 is 4.72 Å². The number of hydrogen-bond donors (Lipinski definition) is 2. The summed E-state index contributed by atoms with van der Waals surface area (Å²) in [5, 5.41) is 9.39. The third-order valence-electron chi connectivity index (χ3n) is 2.86. The van der Waals surface area contributed by atoms with E-state index in [0.29, 0.717) is 5.56 Å². The monoisotopic (exact) mass is 349 g/mol. The molecule has 1 aromatic rings. The van der Waals surface area contributed by atoms with Crippen molar-refractivity contribution in [2.75, 3.05) is 7.11 Å². The number of nitrogens with one attached hydrogen (secondary N) is 1. The molecule has 8 heteroatoms. The van der Waals surface area contributed by atoms with Crippen molar-refractivity contribution in [1.29, 1.82) is 0 Å². The van der Waals surface area contributed by atoms with E-state index in [-0.39, 0.29) is 28.9 Å². The van der Waals surface area contributed by atoms with Gasteiger partial charge in [-0.15, -0.1) is 0 Å². The SMILES string of the molecule is COCc1cc(Cl)cc(S(=O)(=O)N[C@@H](CC(C)C)C(=O)O)c1. The van der Waals surface area contributed by atoms with Crippen molar-refractivity contribution in [2.24, 2.45) is 5.92 Å². The second kappa shape index (κ2) is 7.92. The molecule has 2 N–H and O–H groups in total. The van der Waals surface area contributed by atoms with Crippen LogP contribution in [-0.2, 0) is 26.2 Å². The highest BCUT2D eigenvalue weighted by atomic mass is 35.5. The molecule has 1 atom stereocenters. The fourth-order valence-electron chi connectivity index (χ4n) is 1.95. The van der Waals surface area contributed by atoms with E-state index in [1.165, 1.54) is 19.2 Å². The van der Waals surface area contributed by atoms with Crippen molar-refractivity contribution in [2.45, 2.75) is 37.8 Å². The van der Waals surface area contributed by atoms with E-state index in [1.807, 2.05) is 13.8 Å². The minimum atomic E-state index is -3.98. The third kappa shape index (κ3) is 5.57. The summed E-state index contributed by atoms with van der Waals surface area (Å²) in [7, 11) is -2.50. The largest absolute Gasteiger partial charge is 0.480 e. The van der Waals surface area contributed by atoms with Crippen LogP contribution >= 0.6 is 11.6 Å². The molecule has 0 spiro atoms. The highest BCUT2D eigenvalue weighted by molar-refractivity contribution is 7.89. The minimum Gasteiger partial charge on any atom is -0.480 e. The molecule has 0 heterocycles. The van der Waals surface area contributed by atoms with Crippen LogP contribution in [0.4, 0.5) is 0 Å². The first-order valence-corrected chi connectivity index (χ1v) is 8.55. The number of rotatable bonds is 8. The molecule has 1 rings (SSSR count). The zero-order valence-corrected chi connectivity index (χ0v) is 14.2. The fourth-order valence-corrected chi connectivity index (χ4v) is 3.57. The Kier molecular flexibility index (Phi) is 6.80. The average molecular weight is 350 g/mol. The highest BCUT2D eigenvalue weighted by Gasteiger charge is 2.26. The van der Waals surface area contributed by atoms with Crippen LogP contribution in [0.5, 0.6) is 0 Å². The number of carboxylic acid groups (broad SMARTS) is 1. The average Bonchev–Trinajstić information content (AvgIpc) is 2.36. The van der Waals surface area contributed by atoms with Crippen molar-refractivity contribution < 1.29 is 23.1 Å². The Labute approximate surface area is 135 Å². The van der Waals surface area contributed by atoms with Gasteiger partial charge in [0.15, 0.2) is 0 Å². The number of sulfonamides is 1. The topological polar surface area (TPSA) is 92.7 Å². The van der Waals surface area contributed by atoms with Crippen LogP contribution in [0.15, 0.2) is 23.1 Å². The summed E-state index contributed by atoms with van der Waals surface area (Å²) in [5.41, 5.74) is 0.589. The van der Waals surface area contributed by atoms with E-state index >= 15 is 0 Å². The molecule has 6 nitrogen and oxygen atoms in total. The van der Waals surface area contributed by atoms with Crippen molar-refractivity contribution >= 4 is 27.6 Å². The molecule has 0 aliphatic heterocycles. The number of methoxy groups -OCH3 is 1. The molecular formula is C14H20ClNO5S. The molecule has 0 amide bonds. The van der Waals surface area contributed by atoms with E-state index < -0.39 is 22.0 Å². The number of ether oxygens (including phenoxy) is 1. The predicted molar refractivity (Wildman–Crippen MR) is 83.4 cm³/mol. The van der Waals surface area contributed by atoms with Gasteiger partial charge in [-0.25, -0.2) is 8.42 Å². The maximum Gasteiger partial charge on any atom is 0.321 e. The van der Waals surface area contributed by atoms with E-state index in [4.69, 9.17) is 21.4 Å². The highest BCUT2D eigenvalue weighted by Crippen LogP contribution is 2.20. The van der Waals surface area contributed by atoms with E-state index in [1.54, 1.807) is 6.07 Å². The summed E-state index contributed by atoms with van der Waals surface area (Å²) >= 11 is 5.91. The van der Waals surface area contributed by atoms with Gasteiger partial charge in [-0.2, -0.15) is 4.72 Å². The number of hydrogen-bond acceptors (Lipinski definition) is 4. The number of carboxylic acids is 1. The Hall–Kier alpha value is -1.15. The molecule has 0 aliphatic rings. The lowest BCUT2D eigenvalue weighted by atomic mass is 10.1. The second-order valence-corrected chi connectivity index (χ2v) is 7.52.